The highest BCUT2D eigenvalue weighted by Crippen LogP contribution is 2.14. The number of carboxylic acid groups (broad SMARTS) is 1. The lowest BCUT2D eigenvalue weighted by atomic mass is 10.0. The number of hydrogen-bond donors (Lipinski definition) is 3. The van der Waals surface area contributed by atoms with Gasteiger partial charge in [0.25, 0.3) is 5.91 Å². The Hall–Kier alpha value is -1.89. The molecule has 1 aromatic rings. The number of amides is 2. The number of nitrogens with one attached hydrogen (secondary N) is 2. The molecular formula is C14H20N2O4S. The van der Waals surface area contributed by atoms with Crippen LogP contribution in [0.1, 0.15) is 34.8 Å². The largest absolute Gasteiger partial charge is 0.480 e. The number of carbonyl (C=O) groups is 3. The molecule has 3 N–H and O–H groups in total. The number of aliphatic carboxylic acids is 1. The van der Waals surface area contributed by atoms with Crippen molar-refractivity contribution in [2.24, 2.45) is 5.92 Å². The summed E-state index contributed by atoms with van der Waals surface area (Å²) in [6.07, 6.45) is 0.346. The standard InChI is InChI=1S/C14H20N2O4S/c1-8(2)6-10(14(19)20)16-12(17)7-15-13(18)11-5-4-9(3)21-11/h4-5,8,10H,6-7H2,1-3H3,(H,15,18)(H,16,17)(H,19,20). The molecule has 116 valence electrons. The second kappa shape index (κ2) is 7.78. The number of thiophene rings is 1. The fraction of sp³-hybridized carbons (Fsp3) is 0.500. The molecule has 0 spiro atoms. The summed E-state index contributed by atoms with van der Waals surface area (Å²) < 4.78 is 0. The number of hydrogen-bond acceptors (Lipinski definition) is 4. The Kier molecular flexibility index (Phi) is 6.36. The van der Waals surface area contributed by atoms with E-state index in [1.807, 2.05) is 26.8 Å². The average Bonchev–Trinajstić information content (AvgIpc) is 2.81. The zero-order chi connectivity index (χ0) is 16.0. The molecule has 0 aromatic carbocycles. The lowest BCUT2D eigenvalue weighted by molar-refractivity contribution is -0.142. The van der Waals surface area contributed by atoms with Gasteiger partial charge >= 0.3 is 5.97 Å². The van der Waals surface area contributed by atoms with Gasteiger partial charge in [0, 0.05) is 4.88 Å². The van der Waals surface area contributed by atoms with Crippen LogP contribution in [0.5, 0.6) is 0 Å². The quantitative estimate of drug-likeness (QED) is 0.709. The summed E-state index contributed by atoms with van der Waals surface area (Å²) >= 11 is 1.34. The van der Waals surface area contributed by atoms with Crippen molar-refractivity contribution in [1.82, 2.24) is 10.6 Å². The molecule has 0 fully saturated rings. The SMILES string of the molecule is Cc1ccc(C(=O)NCC(=O)NC(CC(C)C)C(=O)O)s1. The predicted octanol–water partition coefficient (Wildman–Crippen LogP) is 1.40. The van der Waals surface area contributed by atoms with Crippen LogP contribution >= 0.6 is 11.3 Å². The maximum absolute atomic E-state index is 11.8. The highest BCUT2D eigenvalue weighted by Gasteiger charge is 2.21. The van der Waals surface area contributed by atoms with E-state index in [1.165, 1.54) is 11.3 Å². The van der Waals surface area contributed by atoms with Gasteiger partial charge in [-0.2, -0.15) is 0 Å². The molecule has 1 unspecified atom stereocenters. The molecule has 0 bridgehead atoms. The topological polar surface area (TPSA) is 95.5 Å². The molecule has 0 saturated carbocycles. The van der Waals surface area contributed by atoms with Crippen LogP contribution in [-0.2, 0) is 9.59 Å². The molecule has 0 aliphatic carbocycles. The maximum Gasteiger partial charge on any atom is 0.326 e. The first-order valence-electron chi connectivity index (χ1n) is 6.66. The number of carboxylic acids is 1. The number of aryl methyl sites for hydroxylation is 1. The summed E-state index contributed by atoms with van der Waals surface area (Å²) in [5.41, 5.74) is 0. The summed E-state index contributed by atoms with van der Waals surface area (Å²) in [6, 6.07) is 2.58. The highest BCUT2D eigenvalue weighted by molar-refractivity contribution is 7.13. The Labute approximate surface area is 127 Å². The van der Waals surface area contributed by atoms with E-state index in [-0.39, 0.29) is 18.4 Å². The van der Waals surface area contributed by atoms with Crippen molar-refractivity contribution in [3.05, 3.63) is 21.9 Å². The van der Waals surface area contributed by atoms with Crippen LogP contribution in [0.25, 0.3) is 0 Å². The Morgan fingerprint density at radius 2 is 1.95 bits per heavy atom. The minimum atomic E-state index is -1.07. The van der Waals surface area contributed by atoms with Gasteiger partial charge in [0.2, 0.25) is 5.91 Å². The molecule has 6 nitrogen and oxygen atoms in total. The van der Waals surface area contributed by atoms with Gasteiger partial charge in [0.1, 0.15) is 6.04 Å². The van der Waals surface area contributed by atoms with E-state index in [0.717, 1.165) is 4.88 Å². The van der Waals surface area contributed by atoms with Crippen molar-refractivity contribution in [2.45, 2.75) is 33.2 Å². The van der Waals surface area contributed by atoms with Crippen LogP contribution in [0.2, 0.25) is 0 Å². The third-order valence-corrected chi connectivity index (χ3v) is 3.71. The van der Waals surface area contributed by atoms with Gasteiger partial charge in [0.15, 0.2) is 0 Å². The lowest BCUT2D eigenvalue weighted by Gasteiger charge is -2.16. The van der Waals surface area contributed by atoms with Crippen LogP contribution in [-0.4, -0.2) is 35.5 Å². The minimum absolute atomic E-state index is 0.148. The minimum Gasteiger partial charge on any atom is -0.480 e. The van der Waals surface area contributed by atoms with Crippen molar-refractivity contribution in [3.8, 4) is 0 Å². The van der Waals surface area contributed by atoms with Gasteiger partial charge in [-0.1, -0.05) is 13.8 Å². The first-order chi connectivity index (χ1) is 9.79. The highest BCUT2D eigenvalue weighted by atomic mass is 32.1. The lowest BCUT2D eigenvalue weighted by Crippen LogP contribution is -2.46. The van der Waals surface area contributed by atoms with Crippen LogP contribution < -0.4 is 10.6 Å². The van der Waals surface area contributed by atoms with Crippen molar-refractivity contribution in [3.63, 3.8) is 0 Å². The molecule has 0 saturated heterocycles. The van der Waals surface area contributed by atoms with Crippen LogP contribution in [0, 0.1) is 12.8 Å². The monoisotopic (exact) mass is 312 g/mol. The summed E-state index contributed by atoms with van der Waals surface area (Å²) in [7, 11) is 0. The first-order valence-corrected chi connectivity index (χ1v) is 7.48. The summed E-state index contributed by atoms with van der Waals surface area (Å²) in [4.78, 5) is 36.0. The second-order valence-electron chi connectivity index (χ2n) is 5.18. The van der Waals surface area contributed by atoms with Gasteiger partial charge in [-0.25, -0.2) is 4.79 Å². The van der Waals surface area contributed by atoms with Gasteiger partial charge in [-0.05, 0) is 31.4 Å². The summed E-state index contributed by atoms with van der Waals surface area (Å²) in [5, 5.41) is 13.9. The predicted molar refractivity (Wildman–Crippen MR) is 80.4 cm³/mol. The van der Waals surface area contributed by atoms with E-state index >= 15 is 0 Å². The summed E-state index contributed by atoms with van der Waals surface area (Å²) in [6.45, 7) is 5.40. The third-order valence-electron chi connectivity index (χ3n) is 2.71. The van der Waals surface area contributed by atoms with E-state index in [0.29, 0.717) is 11.3 Å². The maximum atomic E-state index is 11.8. The molecule has 0 aliphatic rings. The van der Waals surface area contributed by atoms with Crippen molar-refractivity contribution >= 4 is 29.1 Å². The van der Waals surface area contributed by atoms with Crippen molar-refractivity contribution in [2.75, 3.05) is 6.54 Å². The fourth-order valence-corrected chi connectivity index (χ4v) is 2.53. The Morgan fingerprint density at radius 1 is 1.29 bits per heavy atom. The van der Waals surface area contributed by atoms with Crippen LogP contribution in [0.4, 0.5) is 0 Å². The molecule has 7 heteroatoms. The van der Waals surface area contributed by atoms with Gasteiger partial charge in [-0.3, -0.25) is 9.59 Å². The molecule has 1 heterocycles. The van der Waals surface area contributed by atoms with Crippen LogP contribution in [0.3, 0.4) is 0 Å². The molecule has 2 amide bonds. The molecule has 0 radical (unpaired) electrons. The van der Waals surface area contributed by atoms with Gasteiger partial charge in [0.05, 0.1) is 11.4 Å². The van der Waals surface area contributed by atoms with E-state index in [2.05, 4.69) is 10.6 Å². The van der Waals surface area contributed by atoms with Gasteiger partial charge < -0.3 is 15.7 Å². The zero-order valence-electron chi connectivity index (χ0n) is 12.3. The smallest absolute Gasteiger partial charge is 0.326 e. The van der Waals surface area contributed by atoms with E-state index in [9.17, 15) is 14.4 Å². The molecule has 1 atom stereocenters. The number of rotatable bonds is 7. The van der Waals surface area contributed by atoms with Crippen LogP contribution in [0.15, 0.2) is 12.1 Å². The van der Waals surface area contributed by atoms with Gasteiger partial charge in [-0.15, -0.1) is 11.3 Å². The Bertz CT molecular complexity index is 525. The average molecular weight is 312 g/mol. The normalized spacial score (nSPS) is 12.0. The zero-order valence-corrected chi connectivity index (χ0v) is 13.1. The molecule has 1 aromatic heterocycles. The third kappa shape index (κ3) is 5.95. The molecule has 1 rings (SSSR count). The molecular weight excluding hydrogens is 292 g/mol. The molecule has 21 heavy (non-hydrogen) atoms. The first kappa shape index (κ1) is 17.2. The van der Waals surface area contributed by atoms with E-state index < -0.39 is 17.9 Å². The van der Waals surface area contributed by atoms with E-state index in [1.54, 1.807) is 6.07 Å². The molecule has 0 aliphatic heterocycles. The Balaban J connectivity index is 2.45. The Morgan fingerprint density at radius 3 is 2.43 bits per heavy atom. The second-order valence-corrected chi connectivity index (χ2v) is 6.47. The van der Waals surface area contributed by atoms with Crippen molar-refractivity contribution in [1.29, 1.82) is 0 Å². The summed E-state index contributed by atoms with van der Waals surface area (Å²) in [5.74, 6) is -1.77. The number of carbonyl (C=O) groups excluding carboxylic acids is 2. The fourth-order valence-electron chi connectivity index (χ4n) is 1.74. The van der Waals surface area contributed by atoms with E-state index in [4.69, 9.17) is 5.11 Å². The van der Waals surface area contributed by atoms with Crippen molar-refractivity contribution < 1.29 is 19.5 Å².